The van der Waals surface area contributed by atoms with Gasteiger partial charge in [0.25, 0.3) is 0 Å². The number of amides is 1. The zero-order chi connectivity index (χ0) is 15.3. The van der Waals surface area contributed by atoms with Crippen molar-refractivity contribution in [1.82, 2.24) is 4.90 Å². The number of carboxylic acid groups (broad SMARTS) is 1. The molecule has 1 aliphatic heterocycles. The lowest BCUT2D eigenvalue weighted by Gasteiger charge is -2.37. The second-order valence-electron chi connectivity index (χ2n) is 5.70. The quantitative estimate of drug-likeness (QED) is 0.834. The summed E-state index contributed by atoms with van der Waals surface area (Å²) in [6, 6.07) is -0.361. The molecule has 0 radical (unpaired) electrons. The van der Waals surface area contributed by atoms with Gasteiger partial charge in [-0.15, -0.1) is 0 Å². The molecule has 0 bridgehead atoms. The summed E-state index contributed by atoms with van der Waals surface area (Å²) in [6.45, 7) is 6.45. The van der Waals surface area contributed by atoms with Crippen LogP contribution in [0.25, 0.3) is 0 Å². The minimum absolute atomic E-state index is 0.172. The average molecular weight is 289 g/mol. The van der Waals surface area contributed by atoms with Gasteiger partial charge in [0.1, 0.15) is 5.60 Å². The van der Waals surface area contributed by atoms with E-state index in [1.165, 1.54) is 12.0 Å². The summed E-state index contributed by atoms with van der Waals surface area (Å²) >= 11 is 0. The van der Waals surface area contributed by atoms with Crippen LogP contribution in [0.15, 0.2) is 0 Å². The number of hydrogen-bond acceptors (Lipinski definition) is 5. The molecule has 1 heterocycles. The number of aliphatic carboxylic acids is 1. The van der Waals surface area contributed by atoms with Gasteiger partial charge < -0.3 is 24.2 Å². The Bertz CT molecular complexity index is 351. The molecule has 0 aliphatic carbocycles. The largest absolute Gasteiger partial charge is 0.479 e. The van der Waals surface area contributed by atoms with Gasteiger partial charge in [0, 0.05) is 20.1 Å². The van der Waals surface area contributed by atoms with Gasteiger partial charge in [0.15, 0.2) is 6.10 Å². The van der Waals surface area contributed by atoms with Crippen molar-refractivity contribution in [1.29, 1.82) is 0 Å². The molecular weight excluding hydrogens is 266 g/mol. The van der Waals surface area contributed by atoms with Crippen LogP contribution in [0.1, 0.15) is 27.2 Å². The van der Waals surface area contributed by atoms with Crippen molar-refractivity contribution < 1.29 is 28.9 Å². The second kappa shape index (κ2) is 6.90. The standard InChI is InChI=1S/C13H23NO6/c1-13(2,3)20-12(17)14-5-6-19-8-9(14)7-10(18-4)11(15)16/h9-10H,5-8H2,1-4H3,(H,15,16). The smallest absolute Gasteiger partial charge is 0.410 e. The Kier molecular flexibility index (Phi) is 5.76. The third kappa shape index (κ3) is 4.97. The number of rotatable bonds is 4. The number of carbonyl (C=O) groups excluding carboxylic acids is 1. The molecular formula is C13H23NO6. The average Bonchev–Trinajstić information content (AvgIpc) is 2.33. The molecule has 1 aliphatic rings. The fourth-order valence-corrected chi connectivity index (χ4v) is 1.96. The van der Waals surface area contributed by atoms with E-state index >= 15 is 0 Å². The molecule has 1 fully saturated rings. The molecule has 0 spiro atoms. The molecule has 1 N–H and O–H groups in total. The van der Waals surface area contributed by atoms with Gasteiger partial charge in [-0.3, -0.25) is 0 Å². The van der Waals surface area contributed by atoms with Crippen molar-refractivity contribution in [3.63, 3.8) is 0 Å². The van der Waals surface area contributed by atoms with Crippen LogP contribution >= 0.6 is 0 Å². The highest BCUT2D eigenvalue weighted by Gasteiger charge is 2.34. The Balaban J connectivity index is 2.71. The van der Waals surface area contributed by atoms with E-state index in [0.29, 0.717) is 13.2 Å². The van der Waals surface area contributed by atoms with Crippen molar-refractivity contribution in [3.8, 4) is 0 Å². The van der Waals surface area contributed by atoms with Crippen LogP contribution in [-0.2, 0) is 19.0 Å². The van der Waals surface area contributed by atoms with Gasteiger partial charge >= 0.3 is 12.1 Å². The summed E-state index contributed by atoms with van der Waals surface area (Å²) in [5.41, 5.74) is -0.590. The van der Waals surface area contributed by atoms with Gasteiger partial charge in [-0.2, -0.15) is 0 Å². The zero-order valence-corrected chi connectivity index (χ0v) is 12.4. The van der Waals surface area contributed by atoms with E-state index in [0.717, 1.165) is 0 Å². The van der Waals surface area contributed by atoms with Gasteiger partial charge in [0.05, 0.1) is 19.3 Å². The number of carboxylic acids is 1. The number of carbonyl (C=O) groups is 2. The normalized spacial score (nSPS) is 21.4. The Morgan fingerprint density at radius 2 is 2.10 bits per heavy atom. The Labute approximate surface area is 118 Å². The van der Waals surface area contributed by atoms with Gasteiger partial charge in [-0.1, -0.05) is 0 Å². The first-order chi connectivity index (χ1) is 9.24. The molecule has 2 unspecified atom stereocenters. The third-order valence-electron chi connectivity index (χ3n) is 2.90. The van der Waals surface area contributed by atoms with E-state index in [1.54, 1.807) is 20.8 Å². The minimum atomic E-state index is -1.05. The molecule has 1 amide bonds. The number of morpholine rings is 1. The molecule has 20 heavy (non-hydrogen) atoms. The molecule has 1 saturated heterocycles. The predicted octanol–water partition coefficient (Wildman–Crippen LogP) is 1.11. The molecule has 1 rings (SSSR count). The SMILES string of the molecule is COC(CC1COCCN1C(=O)OC(C)(C)C)C(=O)O. The van der Waals surface area contributed by atoms with Gasteiger partial charge in [-0.05, 0) is 20.8 Å². The van der Waals surface area contributed by atoms with E-state index in [1.807, 2.05) is 0 Å². The van der Waals surface area contributed by atoms with Crippen LogP contribution in [-0.4, -0.2) is 66.7 Å². The molecule has 116 valence electrons. The van der Waals surface area contributed by atoms with E-state index in [2.05, 4.69) is 0 Å². The van der Waals surface area contributed by atoms with Crippen molar-refractivity contribution in [2.45, 2.75) is 44.9 Å². The predicted molar refractivity (Wildman–Crippen MR) is 70.6 cm³/mol. The van der Waals surface area contributed by atoms with Crippen LogP contribution in [0.3, 0.4) is 0 Å². The van der Waals surface area contributed by atoms with E-state index < -0.39 is 23.8 Å². The highest BCUT2D eigenvalue weighted by atomic mass is 16.6. The number of nitrogens with zero attached hydrogens (tertiary/aromatic N) is 1. The monoisotopic (exact) mass is 289 g/mol. The van der Waals surface area contributed by atoms with Crippen molar-refractivity contribution in [2.24, 2.45) is 0 Å². The highest BCUT2D eigenvalue weighted by Crippen LogP contribution is 2.18. The van der Waals surface area contributed by atoms with Crippen LogP contribution in [0, 0.1) is 0 Å². The van der Waals surface area contributed by atoms with Crippen molar-refractivity contribution in [3.05, 3.63) is 0 Å². The summed E-state index contributed by atoms with van der Waals surface area (Å²) in [5, 5.41) is 9.01. The molecule has 0 aromatic carbocycles. The minimum Gasteiger partial charge on any atom is -0.479 e. The van der Waals surface area contributed by atoms with E-state index in [-0.39, 0.29) is 19.1 Å². The van der Waals surface area contributed by atoms with Gasteiger partial charge in [0.2, 0.25) is 0 Å². The maximum atomic E-state index is 12.1. The molecule has 0 aromatic heterocycles. The van der Waals surface area contributed by atoms with Crippen LogP contribution in [0.2, 0.25) is 0 Å². The van der Waals surface area contributed by atoms with Crippen LogP contribution in [0.5, 0.6) is 0 Å². The molecule has 7 nitrogen and oxygen atoms in total. The molecule has 2 atom stereocenters. The number of hydrogen-bond donors (Lipinski definition) is 1. The number of ether oxygens (including phenoxy) is 3. The Morgan fingerprint density at radius 3 is 2.60 bits per heavy atom. The summed E-state index contributed by atoms with van der Waals surface area (Å²) < 4.78 is 15.6. The maximum Gasteiger partial charge on any atom is 0.410 e. The summed E-state index contributed by atoms with van der Waals surface area (Å²) in [4.78, 5) is 24.7. The first kappa shape index (κ1) is 16.7. The number of methoxy groups -OCH3 is 1. The molecule has 0 aromatic rings. The lowest BCUT2D eigenvalue weighted by Crippen LogP contribution is -2.52. The van der Waals surface area contributed by atoms with Crippen molar-refractivity contribution in [2.75, 3.05) is 26.9 Å². The van der Waals surface area contributed by atoms with E-state index in [4.69, 9.17) is 19.3 Å². The van der Waals surface area contributed by atoms with Gasteiger partial charge in [-0.25, -0.2) is 9.59 Å². The zero-order valence-electron chi connectivity index (χ0n) is 12.4. The van der Waals surface area contributed by atoms with Crippen molar-refractivity contribution >= 4 is 12.1 Å². The fourth-order valence-electron chi connectivity index (χ4n) is 1.96. The third-order valence-corrected chi connectivity index (χ3v) is 2.90. The summed E-state index contributed by atoms with van der Waals surface area (Å²) in [6.07, 6.45) is -1.25. The Morgan fingerprint density at radius 1 is 1.45 bits per heavy atom. The first-order valence-corrected chi connectivity index (χ1v) is 6.57. The highest BCUT2D eigenvalue weighted by molar-refractivity contribution is 5.73. The summed E-state index contributed by atoms with van der Waals surface area (Å²) in [5.74, 6) is -1.05. The second-order valence-corrected chi connectivity index (χ2v) is 5.70. The molecule has 0 saturated carbocycles. The topological polar surface area (TPSA) is 85.3 Å². The lowest BCUT2D eigenvalue weighted by molar-refractivity contribution is -0.150. The lowest BCUT2D eigenvalue weighted by atomic mass is 10.1. The molecule has 7 heteroatoms. The van der Waals surface area contributed by atoms with E-state index in [9.17, 15) is 9.59 Å². The van der Waals surface area contributed by atoms with Crippen LogP contribution in [0.4, 0.5) is 4.79 Å². The van der Waals surface area contributed by atoms with Crippen LogP contribution < -0.4 is 0 Å². The maximum absolute atomic E-state index is 12.1. The summed E-state index contributed by atoms with van der Waals surface area (Å²) in [7, 11) is 1.33. The fraction of sp³-hybridized carbons (Fsp3) is 0.846. The first-order valence-electron chi connectivity index (χ1n) is 6.57. The Hall–Kier alpha value is -1.34.